The lowest BCUT2D eigenvalue weighted by Crippen LogP contribution is -2.61. The van der Waals surface area contributed by atoms with Gasteiger partial charge in [-0.2, -0.15) is 0 Å². The molecule has 6 N–H and O–H groups in total. The highest BCUT2D eigenvalue weighted by molar-refractivity contribution is 5.97. The summed E-state index contributed by atoms with van der Waals surface area (Å²) in [5.41, 5.74) is 7.40. The van der Waals surface area contributed by atoms with Crippen LogP contribution < -0.4 is 16.5 Å². The van der Waals surface area contributed by atoms with Gasteiger partial charge >= 0.3 is 0 Å². The van der Waals surface area contributed by atoms with Crippen molar-refractivity contribution in [1.29, 1.82) is 0 Å². The molecule has 154 valence electrons. The van der Waals surface area contributed by atoms with E-state index in [1.54, 1.807) is 38.1 Å². The van der Waals surface area contributed by atoms with Gasteiger partial charge in [0.15, 0.2) is 0 Å². The Bertz CT molecular complexity index is 851. The van der Waals surface area contributed by atoms with Crippen LogP contribution in [0, 0.1) is 35.5 Å². The molecule has 1 aliphatic carbocycles. The highest BCUT2D eigenvalue weighted by Crippen LogP contribution is 2.29. The van der Waals surface area contributed by atoms with Crippen molar-refractivity contribution in [2.24, 2.45) is 17.6 Å². The summed E-state index contributed by atoms with van der Waals surface area (Å²) in [6.07, 6.45) is 2.93. The van der Waals surface area contributed by atoms with Crippen LogP contribution in [-0.4, -0.2) is 40.3 Å². The first-order valence-corrected chi connectivity index (χ1v) is 9.50. The van der Waals surface area contributed by atoms with E-state index in [4.69, 9.17) is 16.0 Å². The van der Waals surface area contributed by atoms with E-state index in [2.05, 4.69) is 29.0 Å². The molecule has 7 nitrogen and oxygen atoms in total. The molecule has 3 atom stereocenters. The number of amides is 2. The van der Waals surface area contributed by atoms with Gasteiger partial charge in [0.1, 0.15) is 6.04 Å². The summed E-state index contributed by atoms with van der Waals surface area (Å²) in [5, 5.41) is 20.5. The van der Waals surface area contributed by atoms with Gasteiger partial charge in [0.05, 0.1) is 0 Å². The largest absolute Gasteiger partial charge is 0.396 e. The molecule has 2 rings (SSSR count). The van der Waals surface area contributed by atoms with E-state index >= 15 is 0 Å². The number of hydrogen-bond acceptors (Lipinski definition) is 5. The molecular formula is C22H27N3O4. The van der Waals surface area contributed by atoms with E-state index < -0.39 is 23.4 Å². The second kappa shape index (κ2) is 10.1. The molecule has 1 fully saturated rings. The van der Waals surface area contributed by atoms with Gasteiger partial charge in [0.25, 0.3) is 11.8 Å². The zero-order chi connectivity index (χ0) is 21.4. The first-order chi connectivity index (χ1) is 13.7. The summed E-state index contributed by atoms with van der Waals surface area (Å²) in [6, 6.07) is 5.46. The average molecular weight is 397 g/mol. The predicted molar refractivity (Wildman–Crippen MR) is 108 cm³/mol. The molecule has 3 unspecified atom stereocenters. The summed E-state index contributed by atoms with van der Waals surface area (Å²) in [5.74, 6) is 11.1. The Labute approximate surface area is 171 Å². The molecule has 29 heavy (non-hydrogen) atoms. The number of hydrogen-bond donors (Lipinski definition) is 5. The number of nitrogens with one attached hydrogen (secondary N) is 2. The molecule has 1 aliphatic rings. The van der Waals surface area contributed by atoms with Gasteiger partial charge in [-0.05, 0) is 75.1 Å². The van der Waals surface area contributed by atoms with Crippen molar-refractivity contribution in [2.45, 2.75) is 44.7 Å². The molecule has 0 spiro atoms. The maximum Gasteiger partial charge on any atom is 0.267 e. The van der Waals surface area contributed by atoms with Gasteiger partial charge in [0, 0.05) is 29.2 Å². The van der Waals surface area contributed by atoms with Gasteiger partial charge in [-0.1, -0.05) is 11.8 Å². The molecule has 0 aliphatic heterocycles. The lowest BCUT2D eigenvalue weighted by Gasteiger charge is -2.29. The molecule has 0 heterocycles. The quantitative estimate of drug-likeness (QED) is 0.285. The molecule has 0 radical (unpaired) electrons. The number of aliphatic hydroxyl groups excluding tert-OH is 1. The third-order valence-corrected chi connectivity index (χ3v) is 4.88. The smallest absolute Gasteiger partial charge is 0.267 e. The van der Waals surface area contributed by atoms with Crippen LogP contribution in [0.3, 0.4) is 0 Å². The monoisotopic (exact) mass is 397 g/mol. The van der Waals surface area contributed by atoms with Crippen molar-refractivity contribution < 1.29 is 19.9 Å². The van der Waals surface area contributed by atoms with E-state index in [0.717, 1.165) is 19.3 Å². The zero-order valence-electron chi connectivity index (χ0n) is 16.7. The molecule has 7 heteroatoms. The van der Waals surface area contributed by atoms with Crippen molar-refractivity contribution in [3.05, 3.63) is 35.4 Å². The second-order valence-corrected chi connectivity index (χ2v) is 7.86. The Morgan fingerprint density at radius 3 is 2.48 bits per heavy atom. The van der Waals surface area contributed by atoms with Crippen molar-refractivity contribution in [2.75, 3.05) is 6.61 Å². The second-order valence-electron chi connectivity index (χ2n) is 7.86. The van der Waals surface area contributed by atoms with Gasteiger partial charge < -0.3 is 16.2 Å². The summed E-state index contributed by atoms with van der Waals surface area (Å²) in [4.78, 5) is 24.1. The van der Waals surface area contributed by atoms with E-state index in [-0.39, 0.29) is 6.61 Å². The van der Waals surface area contributed by atoms with E-state index in [1.807, 2.05) is 0 Å². The lowest BCUT2D eigenvalue weighted by molar-refractivity contribution is -0.132. The van der Waals surface area contributed by atoms with Crippen molar-refractivity contribution in [1.82, 2.24) is 10.8 Å². The van der Waals surface area contributed by atoms with Gasteiger partial charge in [-0.15, -0.1) is 0 Å². The first-order valence-electron chi connectivity index (χ1n) is 9.50. The number of nitrogens with two attached hydrogens (primary N) is 1. The Kier molecular flexibility index (Phi) is 7.81. The Hall–Kier alpha value is -2.84. The summed E-state index contributed by atoms with van der Waals surface area (Å²) < 4.78 is 0. The zero-order valence-corrected chi connectivity index (χ0v) is 16.7. The van der Waals surface area contributed by atoms with Crippen LogP contribution in [0.25, 0.3) is 0 Å². The van der Waals surface area contributed by atoms with Crippen LogP contribution in [0.4, 0.5) is 0 Å². The van der Waals surface area contributed by atoms with Crippen molar-refractivity contribution in [3.63, 3.8) is 0 Å². The lowest BCUT2D eigenvalue weighted by atomic mass is 9.95. The van der Waals surface area contributed by atoms with Crippen LogP contribution in [0.1, 0.15) is 49.0 Å². The summed E-state index contributed by atoms with van der Waals surface area (Å²) in [6.45, 7) is 3.36. The molecule has 0 saturated heterocycles. The topological polar surface area (TPSA) is 125 Å². The van der Waals surface area contributed by atoms with Crippen LogP contribution in [0.5, 0.6) is 0 Å². The molecule has 2 amide bonds. The minimum absolute atomic E-state index is 0.220. The Morgan fingerprint density at radius 2 is 1.93 bits per heavy atom. The van der Waals surface area contributed by atoms with E-state index in [0.29, 0.717) is 23.0 Å². The van der Waals surface area contributed by atoms with Gasteiger partial charge in [-0.3, -0.25) is 14.8 Å². The van der Waals surface area contributed by atoms with Crippen LogP contribution in [0.2, 0.25) is 0 Å². The van der Waals surface area contributed by atoms with Crippen molar-refractivity contribution >= 4 is 11.8 Å². The molecule has 1 saturated carbocycles. The number of rotatable bonds is 5. The number of carbonyl (C=O) groups excluding carboxylic acids is 2. The number of benzene rings is 1. The number of aliphatic hydroxyl groups is 1. The van der Waals surface area contributed by atoms with Crippen molar-refractivity contribution in [3.8, 4) is 23.7 Å². The van der Waals surface area contributed by atoms with Gasteiger partial charge in [-0.25, -0.2) is 5.48 Å². The minimum Gasteiger partial charge on any atom is -0.396 e. The third-order valence-electron chi connectivity index (χ3n) is 4.88. The highest BCUT2D eigenvalue weighted by Gasteiger charge is 2.33. The Morgan fingerprint density at radius 1 is 1.24 bits per heavy atom. The van der Waals surface area contributed by atoms with Gasteiger partial charge in [0.2, 0.25) is 0 Å². The minimum atomic E-state index is -1.10. The normalized spacial score (nSPS) is 19.2. The standard InChI is InChI=1S/C22H27N3O4/c1-22(2,23)19(21(28)25-29)24-20(27)18-11-9-15(10-12-18)5-3-4-6-16-7-8-17(13-16)14-26/h9-12,16-17,19,26,29H,7-8,13-14,23H2,1-2H3,(H,24,27)(H,25,28). The average Bonchev–Trinajstić information content (AvgIpc) is 3.16. The molecule has 1 aromatic rings. The molecule has 0 aromatic heterocycles. The van der Waals surface area contributed by atoms with E-state index in [9.17, 15) is 9.59 Å². The number of carbonyl (C=O) groups is 2. The molecule has 1 aromatic carbocycles. The molecule has 0 bridgehead atoms. The fraction of sp³-hybridized carbons (Fsp3) is 0.455. The molecular weight excluding hydrogens is 370 g/mol. The fourth-order valence-corrected chi connectivity index (χ4v) is 3.19. The van der Waals surface area contributed by atoms with Crippen LogP contribution >= 0.6 is 0 Å². The Balaban J connectivity index is 1.98. The van der Waals surface area contributed by atoms with E-state index in [1.165, 1.54) is 5.48 Å². The first kappa shape index (κ1) is 22.4. The third kappa shape index (κ3) is 6.62. The van der Waals surface area contributed by atoms with Crippen LogP contribution in [0.15, 0.2) is 24.3 Å². The highest BCUT2D eigenvalue weighted by atomic mass is 16.5. The van der Waals surface area contributed by atoms with Crippen LogP contribution in [-0.2, 0) is 4.79 Å². The number of hydroxylamine groups is 1. The predicted octanol–water partition coefficient (Wildman–Crippen LogP) is 0.791. The fourth-order valence-electron chi connectivity index (χ4n) is 3.19. The maximum atomic E-state index is 12.4. The summed E-state index contributed by atoms with van der Waals surface area (Å²) in [7, 11) is 0. The maximum absolute atomic E-state index is 12.4. The SMILES string of the molecule is CC(C)(N)C(NC(=O)c1ccc(C#CC#CC2CCC(CO)C2)cc1)C(=O)NO. The summed E-state index contributed by atoms with van der Waals surface area (Å²) >= 11 is 0.